The van der Waals surface area contributed by atoms with E-state index >= 15 is 0 Å². The average molecular weight is 247 g/mol. The van der Waals surface area contributed by atoms with Crippen molar-refractivity contribution in [3.05, 3.63) is 52.0 Å². The standard InChI is InChI=1S/C13H17N3S/c1-10-2-4-11(5-3-10)12(14)8-15-9-13-16-6-7-17-13/h2-7,12,15H,8-9,14H2,1H3. The van der Waals surface area contributed by atoms with Crippen LogP contribution in [0.4, 0.5) is 0 Å². The monoisotopic (exact) mass is 247 g/mol. The maximum atomic E-state index is 6.11. The van der Waals surface area contributed by atoms with Crippen molar-refractivity contribution in [2.24, 2.45) is 5.73 Å². The highest BCUT2D eigenvalue weighted by Gasteiger charge is 2.05. The summed E-state index contributed by atoms with van der Waals surface area (Å²) in [6, 6.07) is 8.40. The predicted molar refractivity (Wildman–Crippen MR) is 71.9 cm³/mol. The molecule has 0 spiro atoms. The van der Waals surface area contributed by atoms with E-state index in [1.165, 1.54) is 11.1 Å². The Bertz CT molecular complexity index is 436. The van der Waals surface area contributed by atoms with E-state index in [0.717, 1.165) is 18.1 Å². The van der Waals surface area contributed by atoms with Gasteiger partial charge in [0.2, 0.25) is 0 Å². The van der Waals surface area contributed by atoms with Gasteiger partial charge in [0.15, 0.2) is 0 Å². The molecule has 0 saturated carbocycles. The third-order valence-corrected chi connectivity index (χ3v) is 3.41. The fourth-order valence-electron chi connectivity index (χ4n) is 1.61. The number of hydrogen-bond acceptors (Lipinski definition) is 4. The van der Waals surface area contributed by atoms with E-state index in [4.69, 9.17) is 5.73 Å². The number of nitrogens with one attached hydrogen (secondary N) is 1. The van der Waals surface area contributed by atoms with Crippen molar-refractivity contribution in [3.63, 3.8) is 0 Å². The summed E-state index contributed by atoms with van der Waals surface area (Å²) >= 11 is 1.66. The quantitative estimate of drug-likeness (QED) is 0.852. The average Bonchev–Trinajstić information content (AvgIpc) is 2.83. The molecule has 4 heteroatoms. The second kappa shape index (κ2) is 5.91. The van der Waals surface area contributed by atoms with Crippen LogP contribution in [-0.4, -0.2) is 11.5 Å². The van der Waals surface area contributed by atoms with Crippen molar-refractivity contribution in [1.29, 1.82) is 0 Å². The lowest BCUT2D eigenvalue weighted by Crippen LogP contribution is -2.26. The lowest BCUT2D eigenvalue weighted by Gasteiger charge is -2.12. The van der Waals surface area contributed by atoms with Crippen molar-refractivity contribution in [3.8, 4) is 0 Å². The molecule has 2 aromatic rings. The maximum absolute atomic E-state index is 6.11. The number of nitrogens with two attached hydrogens (primary N) is 1. The van der Waals surface area contributed by atoms with Crippen LogP contribution < -0.4 is 11.1 Å². The molecule has 17 heavy (non-hydrogen) atoms. The minimum atomic E-state index is 0.0376. The fourth-order valence-corrected chi connectivity index (χ4v) is 2.19. The number of aryl methyl sites for hydroxylation is 1. The van der Waals surface area contributed by atoms with Crippen LogP contribution in [0.25, 0.3) is 0 Å². The predicted octanol–water partition coefficient (Wildman–Crippen LogP) is 2.24. The summed E-state index contributed by atoms with van der Waals surface area (Å²) in [5, 5.41) is 6.40. The molecule has 1 unspecified atom stereocenters. The van der Waals surface area contributed by atoms with E-state index in [1.54, 1.807) is 11.3 Å². The Hall–Kier alpha value is -1.23. The molecule has 0 radical (unpaired) electrons. The maximum Gasteiger partial charge on any atom is 0.106 e. The number of hydrogen-bond donors (Lipinski definition) is 2. The third kappa shape index (κ3) is 3.63. The highest BCUT2D eigenvalue weighted by Crippen LogP contribution is 2.11. The van der Waals surface area contributed by atoms with Crippen LogP contribution in [-0.2, 0) is 6.54 Å². The molecule has 0 bridgehead atoms. The van der Waals surface area contributed by atoms with Gasteiger partial charge < -0.3 is 11.1 Å². The van der Waals surface area contributed by atoms with E-state index in [0.29, 0.717) is 0 Å². The molecular formula is C13H17N3S. The lowest BCUT2D eigenvalue weighted by molar-refractivity contribution is 0.597. The van der Waals surface area contributed by atoms with Crippen molar-refractivity contribution < 1.29 is 0 Å². The SMILES string of the molecule is Cc1ccc(C(N)CNCc2nccs2)cc1. The van der Waals surface area contributed by atoms with Gasteiger partial charge in [0, 0.05) is 30.7 Å². The van der Waals surface area contributed by atoms with E-state index in [-0.39, 0.29) is 6.04 Å². The minimum absolute atomic E-state index is 0.0376. The summed E-state index contributed by atoms with van der Waals surface area (Å²) in [6.07, 6.45) is 1.82. The number of rotatable bonds is 5. The first kappa shape index (κ1) is 12.2. The molecule has 0 fully saturated rings. The van der Waals surface area contributed by atoms with Crippen LogP contribution in [0.15, 0.2) is 35.8 Å². The van der Waals surface area contributed by atoms with E-state index in [2.05, 4.69) is 41.5 Å². The molecule has 0 amide bonds. The van der Waals surface area contributed by atoms with Crippen LogP contribution in [0.1, 0.15) is 22.2 Å². The van der Waals surface area contributed by atoms with Crippen molar-refractivity contribution >= 4 is 11.3 Å². The highest BCUT2D eigenvalue weighted by atomic mass is 32.1. The number of benzene rings is 1. The number of aromatic nitrogens is 1. The molecule has 1 heterocycles. The van der Waals surface area contributed by atoms with Crippen molar-refractivity contribution in [2.45, 2.75) is 19.5 Å². The second-order valence-corrected chi connectivity index (χ2v) is 5.05. The summed E-state index contributed by atoms with van der Waals surface area (Å²) in [4.78, 5) is 4.21. The number of nitrogens with zero attached hydrogens (tertiary/aromatic N) is 1. The first-order chi connectivity index (χ1) is 8.25. The zero-order chi connectivity index (χ0) is 12.1. The van der Waals surface area contributed by atoms with Crippen LogP contribution in [0, 0.1) is 6.92 Å². The summed E-state index contributed by atoms with van der Waals surface area (Å²) in [5.74, 6) is 0. The van der Waals surface area contributed by atoms with Gasteiger partial charge in [0.25, 0.3) is 0 Å². The summed E-state index contributed by atoms with van der Waals surface area (Å²) in [5.41, 5.74) is 8.53. The van der Waals surface area contributed by atoms with E-state index < -0.39 is 0 Å². The van der Waals surface area contributed by atoms with Crippen LogP contribution in [0.2, 0.25) is 0 Å². The van der Waals surface area contributed by atoms with Crippen LogP contribution in [0.3, 0.4) is 0 Å². The third-order valence-electron chi connectivity index (χ3n) is 2.63. The fraction of sp³-hybridized carbons (Fsp3) is 0.308. The molecule has 90 valence electrons. The van der Waals surface area contributed by atoms with Gasteiger partial charge in [-0.3, -0.25) is 0 Å². The Labute approximate surface area is 106 Å². The molecule has 1 atom stereocenters. The van der Waals surface area contributed by atoms with Gasteiger partial charge in [0.1, 0.15) is 5.01 Å². The highest BCUT2D eigenvalue weighted by molar-refractivity contribution is 7.09. The Balaban J connectivity index is 1.81. The van der Waals surface area contributed by atoms with Gasteiger partial charge in [-0.15, -0.1) is 11.3 Å². The molecule has 3 nitrogen and oxygen atoms in total. The van der Waals surface area contributed by atoms with Gasteiger partial charge in [-0.25, -0.2) is 4.98 Å². The Morgan fingerprint density at radius 1 is 1.35 bits per heavy atom. The van der Waals surface area contributed by atoms with Crippen molar-refractivity contribution in [1.82, 2.24) is 10.3 Å². The molecule has 0 aliphatic rings. The zero-order valence-electron chi connectivity index (χ0n) is 9.89. The van der Waals surface area contributed by atoms with Gasteiger partial charge in [0.05, 0.1) is 0 Å². The molecule has 0 aliphatic heterocycles. The Kier molecular flexibility index (Phi) is 4.25. The Morgan fingerprint density at radius 3 is 2.76 bits per heavy atom. The molecule has 1 aromatic heterocycles. The number of thiazole rings is 1. The second-order valence-electron chi connectivity index (χ2n) is 4.07. The largest absolute Gasteiger partial charge is 0.323 e. The molecule has 2 rings (SSSR count). The summed E-state index contributed by atoms with van der Waals surface area (Å²) in [6.45, 7) is 3.63. The zero-order valence-corrected chi connectivity index (χ0v) is 10.7. The van der Waals surface area contributed by atoms with E-state index in [1.807, 2.05) is 11.6 Å². The topological polar surface area (TPSA) is 50.9 Å². The molecule has 0 aliphatic carbocycles. The Morgan fingerprint density at radius 2 is 2.12 bits per heavy atom. The normalized spacial score (nSPS) is 12.6. The molecular weight excluding hydrogens is 230 g/mol. The molecule has 0 saturated heterocycles. The van der Waals surface area contributed by atoms with Crippen LogP contribution >= 0.6 is 11.3 Å². The molecule has 3 N–H and O–H groups in total. The first-order valence-corrected chi connectivity index (χ1v) is 6.55. The van der Waals surface area contributed by atoms with Crippen molar-refractivity contribution in [2.75, 3.05) is 6.54 Å². The summed E-state index contributed by atoms with van der Waals surface area (Å²) in [7, 11) is 0. The van der Waals surface area contributed by atoms with Gasteiger partial charge >= 0.3 is 0 Å². The smallest absolute Gasteiger partial charge is 0.106 e. The van der Waals surface area contributed by atoms with Gasteiger partial charge in [-0.1, -0.05) is 29.8 Å². The summed E-state index contributed by atoms with van der Waals surface area (Å²) < 4.78 is 0. The lowest BCUT2D eigenvalue weighted by atomic mass is 10.1. The molecule has 1 aromatic carbocycles. The van der Waals surface area contributed by atoms with E-state index in [9.17, 15) is 0 Å². The van der Waals surface area contributed by atoms with Gasteiger partial charge in [-0.05, 0) is 12.5 Å². The minimum Gasteiger partial charge on any atom is -0.323 e. The van der Waals surface area contributed by atoms with Gasteiger partial charge in [-0.2, -0.15) is 0 Å². The first-order valence-electron chi connectivity index (χ1n) is 5.67. The van der Waals surface area contributed by atoms with Crippen LogP contribution in [0.5, 0.6) is 0 Å².